The van der Waals surface area contributed by atoms with Crippen molar-refractivity contribution >= 4 is 5.97 Å². The molecule has 0 spiro atoms. The minimum atomic E-state index is -0.841. The molecule has 1 atom stereocenters. The number of nitrogens with zero attached hydrogens (tertiary/aromatic N) is 3. The van der Waals surface area contributed by atoms with E-state index in [4.69, 9.17) is 9.63 Å². The van der Waals surface area contributed by atoms with Crippen LogP contribution in [0.5, 0.6) is 0 Å². The molecule has 0 aliphatic rings. The molecule has 0 saturated carbocycles. The summed E-state index contributed by atoms with van der Waals surface area (Å²) >= 11 is 0. The van der Waals surface area contributed by atoms with Crippen molar-refractivity contribution in [2.45, 2.75) is 53.1 Å². The Balaban J connectivity index is 2.67. The molecule has 1 aromatic heterocycles. The molecule has 0 amide bonds. The van der Waals surface area contributed by atoms with E-state index in [2.05, 4.69) is 24.0 Å². The van der Waals surface area contributed by atoms with Crippen LogP contribution in [0.4, 0.5) is 0 Å². The van der Waals surface area contributed by atoms with Gasteiger partial charge in [0.2, 0.25) is 5.89 Å². The van der Waals surface area contributed by atoms with Crippen LogP contribution in [0.2, 0.25) is 0 Å². The van der Waals surface area contributed by atoms with E-state index in [-0.39, 0.29) is 12.6 Å². The van der Waals surface area contributed by atoms with Gasteiger partial charge in [0, 0.05) is 12.5 Å². The molecule has 6 heteroatoms. The Hall–Kier alpha value is -1.43. The molecule has 19 heavy (non-hydrogen) atoms. The highest BCUT2D eigenvalue weighted by atomic mass is 16.5. The van der Waals surface area contributed by atoms with E-state index >= 15 is 0 Å². The quantitative estimate of drug-likeness (QED) is 0.777. The van der Waals surface area contributed by atoms with Crippen molar-refractivity contribution in [2.75, 3.05) is 6.54 Å². The van der Waals surface area contributed by atoms with Gasteiger partial charge in [0.05, 0.1) is 13.1 Å². The van der Waals surface area contributed by atoms with Crippen molar-refractivity contribution in [3.8, 4) is 0 Å². The lowest BCUT2D eigenvalue weighted by Gasteiger charge is -2.24. The summed E-state index contributed by atoms with van der Waals surface area (Å²) in [7, 11) is 0. The summed E-state index contributed by atoms with van der Waals surface area (Å²) in [6.45, 7) is 8.59. The number of carboxylic acid groups (broad SMARTS) is 1. The molecule has 0 saturated heterocycles. The smallest absolute Gasteiger partial charge is 0.317 e. The number of aromatic nitrogens is 2. The first-order valence-electron chi connectivity index (χ1n) is 6.69. The fourth-order valence-corrected chi connectivity index (χ4v) is 1.77. The second kappa shape index (κ2) is 7.23. The summed E-state index contributed by atoms with van der Waals surface area (Å²) in [6.07, 6.45) is 1.62. The van der Waals surface area contributed by atoms with Crippen molar-refractivity contribution in [1.29, 1.82) is 0 Å². The molecule has 0 bridgehead atoms. The van der Waals surface area contributed by atoms with E-state index in [1.807, 2.05) is 18.7 Å². The molecule has 1 rings (SSSR count). The number of carboxylic acids is 1. The molecule has 1 unspecified atom stereocenters. The molecule has 6 nitrogen and oxygen atoms in total. The second-order valence-electron chi connectivity index (χ2n) is 5.26. The van der Waals surface area contributed by atoms with Crippen LogP contribution in [-0.4, -0.2) is 38.7 Å². The Morgan fingerprint density at radius 1 is 1.42 bits per heavy atom. The number of rotatable bonds is 8. The number of hydrogen-bond donors (Lipinski definition) is 1. The third-order valence-electron chi connectivity index (χ3n) is 2.99. The summed E-state index contributed by atoms with van der Waals surface area (Å²) in [4.78, 5) is 17.0. The fourth-order valence-electron chi connectivity index (χ4n) is 1.77. The fraction of sp³-hybridized carbons (Fsp3) is 0.769. The normalized spacial score (nSPS) is 13.2. The van der Waals surface area contributed by atoms with Crippen molar-refractivity contribution in [2.24, 2.45) is 5.92 Å². The van der Waals surface area contributed by atoms with Crippen LogP contribution >= 0.6 is 0 Å². The van der Waals surface area contributed by atoms with E-state index in [9.17, 15) is 4.79 Å². The van der Waals surface area contributed by atoms with Gasteiger partial charge in [-0.3, -0.25) is 9.69 Å². The lowest BCUT2D eigenvalue weighted by Crippen LogP contribution is -2.36. The Morgan fingerprint density at radius 3 is 2.63 bits per heavy atom. The minimum absolute atomic E-state index is 0.0109. The third-order valence-corrected chi connectivity index (χ3v) is 2.99. The van der Waals surface area contributed by atoms with Crippen LogP contribution in [0.25, 0.3) is 0 Å². The Kier molecular flexibility index (Phi) is 5.95. The first-order chi connectivity index (χ1) is 8.92. The zero-order chi connectivity index (χ0) is 14.4. The van der Waals surface area contributed by atoms with Gasteiger partial charge in [-0.2, -0.15) is 4.98 Å². The Bertz CT molecular complexity index is 404. The molecule has 1 aromatic rings. The van der Waals surface area contributed by atoms with Crippen LogP contribution in [0.1, 0.15) is 45.8 Å². The third kappa shape index (κ3) is 5.38. The maximum Gasteiger partial charge on any atom is 0.317 e. The molecule has 108 valence electrons. The van der Waals surface area contributed by atoms with Gasteiger partial charge in [-0.05, 0) is 19.3 Å². The van der Waals surface area contributed by atoms with Crippen molar-refractivity contribution in [3.63, 3.8) is 0 Å². The van der Waals surface area contributed by atoms with Gasteiger partial charge >= 0.3 is 5.97 Å². The molecular weight excluding hydrogens is 246 g/mol. The van der Waals surface area contributed by atoms with Gasteiger partial charge in [0.25, 0.3) is 0 Å². The zero-order valence-corrected chi connectivity index (χ0v) is 12.1. The molecule has 0 radical (unpaired) electrons. The van der Waals surface area contributed by atoms with Crippen LogP contribution in [0, 0.1) is 5.92 Å². The first-order valence-corrected chi connectivity index (χ1v) is 6.69. The van der Waals surface area contributed by atoms with Gasteiger partial charge in [0.1, 0.15) is 0 Å². The van der Waals surface area contributed by atoms with Crippen LogP contribution in [0.3, 0.4) is 0 Å². The zero-order valence-electron chi connectivity index (χ0n) is 12.1. The van der Waals surface area contributed by atoms with E-state index < -0.39 is 5.97 Å². The van der Waals surface area contributed by atoms with Gasteiger partial charge in [-0.25, -0.2) is 0 Å². The Labute approximate surface area is 113 Å². The lowest BCUT2D eigenvalue weighted by atomic mass is 10.1. The van der Waals surface area contributed by atoms with Crippen LogP contribution < -0.4 is 0 Å². The van der Waals surface area contributed by atoms with E-state index in [0.29, 0.717) is 24.2 Å². The maximum absolute atomic E-state index is 10.9. The minimum Gasteiger partial charge on any atom is -0.480 e. The summed E-state index contributed by atoms with van der Waals surface area (Å²) in [5.74, 6) is 0.783. The van der Waals surface area contributed by atoms with Crippen LogP contribution in [0.15, 0.2) is 4.52 Å². The van der Waals surface area contributed by atoms with Gasteiger partial charge in [0.15, 0.2) is 5.82 Å². The topological polar surface area (TPSA) is 79.5 Å². The predicted molar refractivity (Wildman–Crippen MR) is 70.6 cm³/mol. The van der Waals surface area contributed by atoms with E-state index in [1.165, 1.54) is 0 Å². The number of carbonyl (C=O) groups is 1. The largest absolute Gasteiger partial charge is 0.480 e. The van der Waals surface area contributed by atoms with E-state index in [0.717, 1.165) is 12.8 Å². The SMILES string of the molecule is CCC(C)N(CC(=O)O)Cc1noc(CC(C)C)n1. The average molecular weight is 269 g/mol. The van der Waals surface area contributed by atoms with Gasteiger partial charge < -0.3 is 9.63 Å². The standard InChI is InChI=1S/C13H23N3O3/c1-5-10(4)16(8-13(17)18)7-11-14-12(19-15-11)6-9(2)3/h9-10H,5-8H2,1-4H3,(H,17,18). The highest BCUT2D eigenvalue weighted by molar-refractivity contribution is 5.69. The first kappa shape index (κ1) is 15.6. The average Bonchev–Trinajstić information content (AvgIpc) is 2.73. The summed E-state index contributed by atoms with van der Waals surface area (Å²) in [5.41, 5.74) is 0. The van der Waals surface area contributed by atoms with E-state index in [1.54, 1.807) is 0 Å². The molecule has 0 aliphatic heterocycles. The molecule has 1 heterocycles. The van der Waals surface area contributed by atoms with Crippen molar-refractivity contribution < 1.29 is 14.4 Å². The molecule has 1 N–H and O–H groups in total. The van der Waals surface area contributed by atoms with Crippen molar-refractivity contribution in [3.05, 3.63) is 11.7 Å². The summed E-state index contributed by atoms with van der Waals surface area (Å²) < 4.78 is 5.16. The second-order valence-corrected chi connectivity index (χ2v) is 5.26. The van der Waals surface area contributed by atoms with Gasteiger partial charge in [-0.1, -0.05) is 25.9 Å². The highest BCUT2D eigenvalue weighted by Gasteiger charge is 2.19. The Morgan fingerprint density at radius 2 is 2.11 bits per heavy atom. The molecule has 0 fully saturated rings. The van der Waals surface area contributed by atoms with Gasteiger partial charge in [-0.15, -0.1) is 0 Å². The maximum atomic E-state index is 10.9. The van der Waals surface area contributed by atoms with Crippen molar-refractivity contribution in [1.82, 2.24) is 15.0 Å². The summed E-state index contributed by atoms with van der Waals surface area (Å²) in [5, 5.41) is 12.8. The predicted octanol–water partition coefficient (Wildman–Crippen LogP) is 1.95. The number of aliphatic carboxylic acids is 1. The molecule has 0 aliphatic carbocycles. The molecule has 0 aromatic carbocycles. The lowest BCUT2D eigenvalue weighted by molar-refractivity contribution is -0.139. The molecular formula is C13H23N3O3. The highest BCUT2D eigenvalue weighted by Crippen LogP contribution is 2.10. The van der Waals surface area contributed by atoms with Crippen LogP contribution in [-0.2, 0) is 17.8 Å². The number of hydrogen-bond acceptors (Lipinski definition) is 5. The monoisotopic (exact) mass is 269 g/mol. The summed E-state index contributed by atoms with van der Waals surface area (Å²) in [6, 6.07) is 0.170.